The predicted octanol–water partition coefficient (Wildman–Crippen LogP) is 2.56. The third kappa shape index (κ3) is 4.10. The molecule has 0 spiro atoms. The first-order valence-electron chi connectivity index (χ1n) is 6.31. The third-order valence-corrected chi connectivity index (χ3v) is 2.88. The number of carbonyl (C=O) groups is 1. The third-order valence-electron chi connectivity index (χ3n) is 2.88. The first-order chi connectivity index (χ1) is 9.65. The Labute approximate surface area is 117 Å². The molecule has 0 amide bonds. The maximum atomic E-state index is 11.6. The number of aliphatic hydroxyl groups is 1. The van der Waals surface area contributed by atoms with Crippen molar-refractivity contribution in [1.29, 1.82) is 0 Å². The number of esters is 1. The van der Waals surface area contributed by atoms with Gasteiger partial charge in [0, 0.05) is 0 Å². The molecule has 104 valence electrons. The van der Waals surface area contributed by atoms with Gasteiger partial charge in [0.1, 0.15) is 12.4 Å². The zero-order chi connectivity index (χ0) is 14.4. The number of ether oxygens (including phenoxy) is 1. The van der Waals surface area contributed by atoms with Gasteiger partial charge in [-0.2, -0.15) is 0 Å². The van der Waals surface area contributed by atoms with Crippen molar-refractivity contribution >= 4 is 5.97 Å². The van der Waals surface area contributed by atoms with E-state index in [4.69, 9.17) is 9.84 Å². The predicted molar refractivity (Wildman–Crippen MR) is 73.9 cm³/mol. The maximum absolute atomic E-state index is 11.6. The van der Waals surface area contributed by atoms with Gasteiger partial charge in [0.2, 0.25) is 0 Å². The zero-order valence-corrected chi connectivity index (χ0v) is 10.9. The van der Waals surface area contributed by atoms with Gasteiger partial charge in [-0.3, -0.25) is 4.79 Å². The van der Waals surface area contributed by atoms with Crippen LogP contribution in [0.3, 0.4) is 0 Å². The Kier molecular flexibility index (Phi) is 4.74. The number of hydrogen-bond acceptors (Lipinski definition) is 4. The van der Waals surface area contributed by atoms with Crippen LogP contribution in [-0.4, -0.2) is 16.2 Å². The minimum atomic E-state index is -0.932. The summed E-state index contributed by atoms with van der Waals surface area (Å²) in [6.07, 6.45) is -1.05. The molecule has 0 radical (unpaired) electrons. The molecule has 1 unspecified atom stereocenters. The largest absolute Gasteiger partial charge is 0.508 e. The fourth-order valence-corrected chi connectivity index (χ4v) is 1.77. The van der Waals surface area contributed by atoms with Crippen LogP contribution in [0.25, 0.3) is 0 Å². The molecule has 0 bridgehead atoms. The van der Waals surface area contributed by atoms with Crippen LogP contribution in [0.2, 0.25) is 0 Å². The fraction of sp³-hybridized carbons (Fsp3) is 0.188. The van der Waals surface area contributed by atoms with Crippen molar-refractivity contribution in [3.8, 4) is 5.75 Å². The molecule has 0 aliphatic heterocycles. The summed E-state index contributed by atoms with van der Waals surface area (Å²) in [6, 6.07) is 15.4. The van der Waals surface area contributed by atoms with Gasteiger partial charge in [0.15, 0.2) is 0 Å². The quantitative estimate of drug-likeness (QED) is 0.821. The van der Waals surface area contributed by atoms with Gasteiger partial charge >= 0.3 is 5.97 Å². The number of aliphatic hydroxyl groups excluding tert-OH is 1. The molecular weight excluding hydrogens is 256 g/mol. The lowest BCUT2D eigenvalue weighted by atomic mass is 10.1. The number of carbonyl (C=O) groups excluding carboxylic acids is 1. The van der Waals surface area contributed by atoms with Crippen LogP contribution in [0, 0.1) is 0 Å². The van der Waals surface area contributed by atoms with Crippen molar-refractivity contribution in [3.63, 3.8) is 0 Å². The molecule has 1 atom stereocenters. The van der Waals surface area contributed by atoms with E-state index in [0.29, 0.717) is 5.56 Å². The minimum absolute atomic E-state index is 0.113. The summed E-state index contributed by atoms with van der Waals surface area (Å²) in [7, 11) is 0. The van der Waals surface area contributed by atoms with Crippen molar-refractivity contribution in [2.75, 3.05) is 0 Å². The normalized spacial score (nSPS) is 11.8. The van der Waals surface area contributed by atoms with Crippen LogP contribution < -0.4 is 0 Å². The van der Waals surface area contributed by atoms with E-state index in [2.05, 4.69) is 0 Å². The van der Waals surface area contributed by atoms with Crippen molar-refractivity contribution in [1.82, 2.24) is 0 Å². The first kappa shape index (κ1) is 14.1. The Morgan fingerprint density at radius 2 is 1.70 bits per heavy atom. The smallest absolute Gasteiger partial charge is 0.309 e. The average Bonchev–Trinajstić information content (AvgIpc) is 2.47. The van der Waals surface area contributed by atoms with Crippen LogP contribution in [0.4, 0.5) is 0 Å². The van der Waals surface area contributed by atoms with E-state index < -0.39 is 12.1 Å². The number of benzene rings is 2. The molecule has 20 heavy (non-hydrogen) atoms. The SMILES string of the molecule is O=C(CC(O)c1ccc(O)cc1)OCc1ccccc1. The molecule has 2 aromatic carbocycles. The highest BCUT2D eigenvalue weighted by Crippen LogP contribution is 2.20. The summed E-state index contributed by atoms with van der Waals surface area (Å²) in [4.78, 5) is 11.6. The Morgan fingerprint density at radius 1 is 1.05 bits per heavy atom. The summed E-state index contributed by atoms with van der Waals surface area (Å²) in [5.74, 6) is -0.345. The Hall–Kier alpha value is -2.33. The summed E-state index contributed by atoms with van der Waals surface area (Å²) in [5, 5.41) is 19.1. The van der Waals surface area contributed by atoms with Gasteiger partial charge in [-0.05, 0) is 23.3 Å². The standard InChI is InChI=1S/C16H16O4/c17-14-8-6-13(7-9-14)15(18)10-16(19)20-11-12-4-2-1-3-5-12/h1-9,15,17-18H,10-11H2. The number of hydrogen-bond donors (Lipinski definition) is 2. The molecule has 0 saturated heterocycles. The van der Waals surface area contributed by atoms with Gasteiger partial charge in [-0.15, -0.1) is 0 Å². The van der Waals surface area contributed by atoms with Crippen molar-refractivity contribution in [3.05, 3.63) is 65.7 Å². The van der Waals surface area contributed by atoms with Crippen molar-refractivity contribution < 1.29 is 19.7 Å². The Morgan fingerprint density at radius 3 is 2.35 bits per heavy atom. The highest BCUT2D eigenvalue weighted by atomic mass is 16.5. The molecular formula is C16H16O4. The van der Waals surface area contributed by atoms with Gasteiger partial charge in [-0.25, -0.2) is 0 Å². The Bertz CT molecular complexity index is 548. The molecule has 0 fully saturated rings. The van der Waals surface area contributed by atoms with Gasteiger partial charge in [0.25, 0.3) is 0 Å². The lowest BCUT2D eigenvalue weighted by molar-refractivity contribution is -0.147. The van der Waals surface area contributed by atoms with Crippen LogP contribution in [0.5, 0.6) is 5.75 Å². The second-order valence-electron chi connectivity index (χ2n) is 4.46. The second kappa shape index (κ2) is 6.73. The molecule has 4 nitrogen and oxygen atoms in total. The van der Waals surface area contributed by atoms with E-state index in [1.54, 1.807) is 12.1 Å². The number of aromatic hydroxyl groups is 1. The first-order valence-corrected chi connectivity index (χ1v) is 6.31. The summed E-state index contributed by atoms with van der Waals surface area (Å²) in [6.45, 7) is 0.196. The van der Waals surface area contributed by atoms with Crippen LogP contribution >= 0.6 is 0 Å². The van der Waals surface area contributed by atoms with E-state index in [-0.39, 0.29) is 18.8 Å². The van der Waals surface area contributed by atoms with E-state index in [0.717, 1.165) is 5.56 Å². The molecule has 2 rings (SSSR count). The second-order valence-corrected chi connectivity index (χ2v) is 4.46. The maximum Gasteiger partial charge on any atom is 0.309 e. The van der Waals surface area contributed by atoms with Crippen molar-refractivity contribution in [2.24, 2.45) is 0 Å². The topological polar surface area (TPSA) is 66.8 Å². The monoisotopic (exact) mass is 272 g/mol. The molecule has 0 aromatic heterocycles. The number of phenols is 1. The van der Waals surface area contributed by atoms with E-state index in [1.807, 2.05) is 30.3 Å². The highest BCUT2D eigenvalue weighted by Gasteiger charge is 2.14. The zero-order valence-electron chi connectivity index (χ0n) is 10.9. The minimum Gasteiger partial charge on any atom is -0.508 e. The molecule has 0 aliphatic carbocycles. The number of phenolic OH excluding ortho intramolecular Hbond substituents is 1. The molecule has 0 aliphatic rings. The van der Waals surface area contributed by atoms with Gasteiger partial charge in [0.05, 0.1) is 12.5 Å². The molecule has 2 N–H and O–H groups in total. The van der Waals surface area contributed by atoms with Crippen molar-refractivity contribution in [2.45, 2.75) is 19.1 Å². The summed E-state index contributed by atoms with van der Waals surface area (Å²) >= 11 is 0. The molecule has 4 heteroatoms. The molecule has 0 heterocycles. The Balaban J connectivity index is 1.83. The van der Waals surface area contributed by atoms with E-state index >= 15 is 0 Å². The average molecular weight is 272 g/mol. The van der Waals surface area contributed by atoms with Crippen LogP contribution in [0.1, 0.15) is 23.7 Å². The van der Waals surface area contributed by atoms with E-state index in [9.17, 15) is 9.90 Å². The van der Waals surface area contributed by atoms with E-state index in [1.165, 1.54) is 12.1 Å². The molecule has 0 saturated carbocycles. The lowest BCUT2D eigenvalue weighted by Gasteiger charge is -2.11. The highest BCUT2D eigenvalue weighted by molar-refractivity contribution is 5.70. The van der Waals surface area contributed by atoms with Crippen LogP contribution in [0.15, 0.2) is 54.6 Å². The summed E-state index contributed by atoms with van der Waals surface area (Å²) < 4.78 is 5.10. The summed E-state index contributed by atoms with van der Waals surface area (Å²) in [5.41, 5.74) is 1.47. The number of rotatable bonds is 5. The van der Waals surface area contributed by atoms with Gasteiger partial charge < -0.3 is 14.9 Å². The van der Waals surface area contributed by atoms with Crippen LogP contribution in [-0.2, 0) is 16.1 Å². The molecule has 2 aromatic rings. The van der Waals surface area contributed by atoms with Gasteiger partial charge in [-0.1, -0.05) is 42.5 Å². The fourth-order valence-electron chi connectivity index (χ4n) is 1.77. The lowest BCUT2D eigenvalue weighted by Crippen LogP contribution is -2.10.